The standard InChI is InChI=1S/C16H23ClN2/c1-13-5-4-10-19(12-13)15-7-6-14(17)11-16(15)18-8-2-3-9-18/h6-7,11,13H,2-5,8-10,12H2,1H3. The minimum absolute atomic E-state index is 0.802. The normalized spacial score (nSPS) is 24.0. The fourth-order valence-corrected chi connectivity index (χ4v) is 3.55. The molecule has 0 radical (unpaired) electrons. The summed E-state index contributed by atoms with van der Waals surface area (Å²) in [6.45, 7) is 7.08. The van der Waals surface area contributed by atoms with Gasteiger partial charge in [0.2, 0.25) is 0 Å². The molecule has 1 aromatic carbocycles. The third kappa shape index (κ3) is 2.84. The van der Waals surface area contributed by atoms with Gasteiger partial charge in [0.05, 0.1) is 11.4 Å². The molecule has 3 heteroatoms. The first-order valence-electron chi connectivity index (χ1n) is 7.53. The molecule has 1 aromatic rings. The highest BCUT2D eigenvalue weighted by molar-refractivity contribution is 6.31. The first kappa shape index (κ1) is 13.1. The van der Waals surface area contributed by atoms with E-state index in [1.54, 1.807) is 0 Å². The quantitative estimate of drug-likeness (QED) is 0.801. The van der Waals surface area contributed by atoms with Crippen molar-refractivity contribution in [3.63, 3.8) is 0 Å². The molecule has 0 aliphatic carbocycles. The van der Waals surface area contributed by atoms with Crippen molar-refractivity contribution in [1.82, 2.24) is 0 Å². The maximum atomic E-state index is 6.22. The van der Waals surface area contributed by atoms with E-state index in [9.17, 15) is 0 Å². The minimum Gasteiger partial charge on any atom is -0.370 e. The van der Waals surface area contributed by atoms with Crippen molar-refractivity contribution in [3.8, 4) is 0 Å². The van der Waals surface area contributed by atoms with Gasteiger partial charge in [0.25, 0.3) is 0 Å². The molecule has 19 heavy (non-hydrogen) atoms. The van der Waals surface area contributed by atoms with Crippen LogP contribution in [0.2, 0.25) is 5.02 Å². The maximum Gasteiger partial charge on any atom is 0.0619 e. The summed E-state index contributed by atoms with van der Waals surface area (Å²) in [4.78, 5) is 5.05. The van der Waals surface area contributed by atoms with Crippen LogP contribution in [-0.2, 0) is 0 Å². The molecule has 0 aromatic heterocycles. The van der Waals surface area contributed by atoms with Gasteiger partial charge in [-0.3, -0.25) is 0 Å². The molecule has 2 fully saturated rings. The Balaban J connectivity index is 1.90. The fraction of sp³-hybridized carbons (Fsp3) is 0.625. The van der Waals surface area contributed by atoms with Gasteiger partial charge < -0.3 is 9.80 Å². The van der Waals surface area contributed by atoms with Crippen LogP contribution < -0.4 is 9.80 Å². The van der Waals surface area contributed by atoms with Gasteiger partial charge in [0, 0.05) is 31.2 Å². The van der Waals surface area contributed by atoms with Crippen molar-refractivity contribution >= 4 is 23.0 Å². The van der Waals surface area contributed by atoms with E-state index < -0.39 is 0 Å². The summed E-state index contributed by atoms with van der Waals surface area (Å²) in [6, 6.07) is 6.41. The van der Waals surface area contributed by atoms with Crippen LogP contribution in [0.3, 0.4) is 0 Å². The second-order valence-electron chi connectivity index (χ2n) is 6.02. The van der Waals surface area contributed by atoms with E-state index in [0.717, 1.165) is 10.9 Å². The minimum atomic E-state index is 0.802. The van der Waals surface area contributed by atoms with Gasteiger partial charge in [-0.25, -0.2) is 0 Å². The van der Waals surface area contributed by atoms with Crippen molar-refractivity contribution in [2.45, 2.75) is 32.6 Å². The van der Waals surface area contributed by atoms with E-state index >= 15 is 0 Å². The van der Waals surface area contributed by atoms with Gasteiger partial charge in [0.15, 0.2) is 0 Å². The highest BCUT2D eigenvalue weighted by Gasteiger charge is 2.22. The van der Waals surface area contributed by atoms with E-state index in [1.165, 1.54) is 63.2 Å². The van der Waals surface area contributed by atoms with E-state index in [4.69, 9.17) is 11.6 Å². The van der Waals surface area contributed by atoms with E-state index in [2.05, 4.69) is 28.9 Å². The van der Waals surface area contributed by atoms with E-state index in [0.29, 0.717) is 0 Å². The number of nitrogens with zero attached hydrogens (tertiary/aromatic N) is 2. The Labute approximate surface area is 121 Å². The number of benzene rings is 1. The van der Waals surface area contributed by atoms with Crippen molar-refractivity contribution in [2.24, 2.45) is 5.92 Å². The lowest BCUT2D eigenvalue weighted by Gasteiger charge is -2.35. The zero-order valence-electron chi connectivity index (χ0n) is 11.7. The lowest BCUT2D eigenvalue weighted by molar-refractivity contribution is 0.447. The van der Waals surface area contributed by atoms with Crippen molar-refractivity contribution < 1.29 is 0 Å². The largest absolute Gasteiger partial charge is 0.370 e. The number of hydrogen-bond donors (Lipinski definition) is 0. The average Bonchev–Trinajstić information content (AvgIpc) is 2.92. The summed E-state index contributed by atoms with van der Waals surface area (Å²) < 4.78 is 0. The monoisotopic (exact) mass is 278 g/mol. The molecule has 0 spiro atoms. The SMILES string of the molecule is CC1CCCN(c2ccc(Cl)cc2N2CCCC2)C1. The molecular weight excluding hydrogens is 256 g/mol. The molecule has 3 rings (SSSR count). The van der Waals surface area contributed by atoms with Crippen LogP contribution in [0.15, 0.2) is 18.2 Å². The molecule has 0 amide bonds. The summed E-state index contributed by atoms with van der Waals surface area (Å²) >= 11 is 6.22. The lowest BCUT2D eigenvalue weighted by Crippen LogP contribution is -2.35. The molecule has 1 unspecified atom stereocenters. The molecule has 104 valence electrons. The smallest absolute Gasteiger partial charge is 0.0619 e. The topological polar surface area (TPSA) is 6.48 Å². The Morgan fingerprint density at radius 2 is 1.74 bits per heavy atom. The number of halogens is 1. The average molecular weight is 279 g/mol. The van der Waals surface area contributed by atoms with Crippen molar-refractivity contribution in [1.29, 1.82) is 0 Å². The summed E-state index contributed by atoms with van der Waals surface area (Å²) in [7, 11) is 0. The second-order valence-corrected chi connectivity index (χ2v) is 6.46. The number of anilines is 2. The van der Waals surface area contributed by atoms with Crippen molar-refractivity contribution in [3.05, 3.63) is 23.2 Å². The van der Waals surface area contributed by atoms with Crippen molar-refractivity contribution in [2.75, 3.05) is 36.0 Å². The predicted molar refractivity (Wildman–Crippen MR) is 83.5 cm³/mol. The van der Waals surface area contributed by atoms with Crippen LogP contribution in [0.1, 0.15) is 32.6 Å². The second kappa shape index (κ2) is 5.62. The van der Waals surface area contributed by atoms with Crippen LogP contribution >= 0.6 is 11.6 Å². The van der Waals surface area contributed by atoms with Gasteiger partial charge in [-0.15, -0.1) is 0 Å². The first-order chi connectivity index (χ1) is 9.24. The van der Waals surface area contributed by atoms with E-state index in [1.807, 2.05) is 6.07 Å². The summed E-state index contributed by atoms with van der Waals surface area (Å²) in [5, 5.41) is 0.857. The third-order valence-electron chi connectivity index (χ3n) is 4.38. The summed E-state index contributed by atoms with van der Waals surface area (Å²) in [5.74, 6) is 0.802. The Morgan fingerprint density at radius 3 is 2.47 bits per heavy atom. The van der Waals surface area contributed by atoms with E-state index in [-0.39, 0.29) is 0 Å². The molecule has 2 aliphatic heterocycles. The zero-order chi connectivity index (χ0) is 13.2. The number of hydrogen-bond acceptors (Lipinski definition) is 2. The Hall–Kier alpha value is -0.890. The number of piperidine rings is 1. The Morgan fingerprint density at radius 1 is 1.00 bits per heavy atom. The maximum absolute atomic E-state index is 6.22. The van der Waals surface area contributed by atoms with Crippen LogP contribution in [0.4, 0.5) is 11.4 Å². The van der Waals surface area contributed by atoms with Crippen LogP contribution in [0, 0.1) is 5.92 Å². The Kier molecular flexibility index (Phi) is 3.88. The molecule has 2 aliphatic rings. The highest BCUT2D eigenvalue weighted by atomic mass is 35.5. The van der Waals surface area contributed by atoms with Crippen LogP contribution in [0.25, 0.3) is 0 Å². The van der Waals surface area contributed by atoms with Gasteiger partial charge in [0.1, 0.15) is 0 Å². The van der Waals surface area contributed by atoms with Gasteiger partial charge >= 0.3 is 0 Å². The molecular formula is C16H23ClN2. The Bertz CT molecular complexity index is 440. The molecule has 2 heterocycles. The molecule has 2 nitrogen and oxygen atoms in total. The molecule has 0 bridgehead atoms. The third-order valence-corrected chi connectivity index (χ3v) is 4.62. The highest BCUT2D eigenvalue weighted by Crippen LogP contribution is 2.36. The number of rotatable bonds is 2. The molecule has 0 saturated carbocycles. The molecule has 2 saturated heterocycles. The predicted octanol–water partition coefficient (Wildman–Crippen LogP) is 4.18. The summed E-state index contributed by atoms with van der Waals surface area (Å²) in [6.07, 6.45) is 5.29. The molecule has 1 atom stereocenters. The van der Waals surface area contributed by atoms with Gasteiger partial charge in [-0.2, -0.15) is 0 Å². The first-order valence-corrected chi connectivity index (χ1v) is 7.91. The van der Waals surface area contributed by atoms with Crippen LogP contribution in [0.5, 0.6) is 0 Å². The van der Waals surface area contributed by atoms with Gasteiger partial charge in [-0.1, -0.05) is 18.5 Å². The lowest BCUT2D eigenvalue weighted by atomic mass is 9.99. The van der Waals surface area contributed by atoms with Gasteiger partial charge in [-0.05, 0) is 49.8 Å². The molecule has 0 N–H and O–H groups in total. The van der Waals surface area contributed by atoms with Crippen LogP contribution in [-0.4, -0.2) is 26.2 Å². The fourth-order valence-electron chi connectivity index (χ4n) is 3.38. The zero-order valence-corrected chi connectivity index (χ0v) is 12.5. The summed E-state index contributed by atoms with van der Waals surface area (Å²) in [5.41, 5.74) is 2.73.